The van der Waals surface area contributed by atoms with Gasteiger partial charge in [0.2, 0.25) is 0 Å². The minimum absolute atomic E-state index is 0. The Balaban J connectivity index is 0.00000512. The van der Waals surface area contributed by atoms with Crippen molar-refractivity contribution in [2.24, 2.45) is 11.8 Å². The van der Waals surface area contributed by atoms with E-state index < -0.39 is 5.92 Å². The van der Waals surface area contributed by atoms with Gasteiger partial charge in [0.15, 0.2) is 0 Å². The topological polar surface area (TPSA) is 91.6 Å². The number of carbonyl (C=O) groups is 4. The maximum Gasteiger partial charge on any atom is 1.00 e. The maximum atomic E-state index is 12.4. The van der Waals surface area contributed by atoms with Gasteiger partial charge in [0.05, 0.1) is 18.4 Å². The molecule has 1 unspecified atom stereocenters. The van der Waals surface area contributed by atoms with Crippen LogP contribution in [0.15, 0.2) is 24.3 Å². The second-order valence-corrected chi connectivity index (χ2v) is 8.73. The van der Waals surface area contributed by atoms with E-state index in [1.807, 2.05) is 38.1 Å². The number of nitrogens with zero attached hydrogens (tertiary/aromatic N) is 1. The zero-order valence-corrected chi connectivity index (χ0v) is 24.6. The van der Waals surface area contributed by atoms with E-state index in [4.69, 9.17) is 4.74 Å². The van der Waals surface area contributed by atoms with Crippen LogP contribution in [0.5, 0.6) is 0 Å². The van der Waals surface area contributed by atoms with Gasteiger partial charge in [0.25, 0.3) is 0 Å². The number of ketones is 3. The summed E-state index contributed by atoms with van der Waals surface area (Å²) in [5.41, 5.74) is 1.74. The summed E-state index contributed by atoms with van der Waals surface area (Å²) in [6, 6.07) is 7.41. The first kappa shape index (κ1) is 29.5. The van der Waals surface area contributed by atoms with E-state index in [1.165, 1.54) is 0 Å². The number of ether oxygens (including phenoxy) is 1. The van der Waals surface area contributed by atoms with Crippen LogP contribution in [0.2, 0.25) is 0 Å². The SMILES string of the molecule is CC(C)CC(=O)CCCOCC(=O)[N-]Cc1ccc(CC(=O)C2CCCCC2=O)cc1.[Rb+]. The maximum absolute atomic E-state index is 12.4. The molecular weight excluding hydrogens is 480 g/mol. The van der Waals surface area contributed by atoms with Crippen molar-refractivity contribution in [3.8, 4) is 0 Å². The van der Waals surface area contributed by atoms with Crippen molar-refractivity contribution in [3.63, 3.8) is 0 Å². The normalized spacial score (nSPS) is 15.8. The fraction of sp³-hybridized carbons (Fsp3) is 0.600. The summed E-state index contributed by atoms with van der Waals surface area (Å²) in [5, 5.41) is 4.00. The molecule has 170 valence electrons. The molecule has 0 aromatic heterocycles. The van der Waals surface area contributed by atoms with Gasteiger partial charge in [0, 0.05) is 32.3 Å². The van der Waals surface area contributed by atoms with E-state index in [0.717, 1.165) is 24.0 Å². The summed E-state index contributed by atoms with van der Waals surface area (Å²) in [6.45, 7) is 4.57. The average molecular weight is 514 g/mol. The predicted octanol–water partition coefficient (Wildman–Crippen LogP) is 1.37. The Labute approximate surface area is 240 Å². The molecule has 1 aliphatic rings. The molecule has 0 bridgehead atoms. The first-order valence-electron chi connectivity index (χ1n) is 11.3. The number of rotatable bonds is 13. The molecule has 1 atom stereocenters. The van der Waals surface area contributed by atoms with Crippen LogP contribution in [-0.4, -0.2) is 36.5 Å². The van der Waals surface area contributed by atoms with Crippen LogP contribution in [0.3, 0.4) is 0 Å². The fourth-order valence-electron chi connectivity index (χ4n) is 3.72. The molecule has 0 spiro atoms. The molecule has 1 aromatic rings. The number of carbonyl (C=O) groups excluding carboxylic acids is 4. The number of hydrogen-bond acceptors (Lipinski definition) is 5. The Morgan fingerprint density at radius 1 is 1.09 bits per heavy atom. The Morgan fingerprint density at radius 2 is 1.78 bits per heavy atom. The van der Waals surface area contributed by atoms with Gasteiger partial charge in [-0.25, -0.2) is 0 Å². The average Bonchev–Trinajstić information content (AvgIpc) is 2.72. The van der Waals surface area contributed by atoms with Crippen molar-refractivity contribution in [3.05, 3.63) is 40.7 Å². The predicted molar refractivity (Wildman–Crippen MR) is 119 cm³/mol. The van der Waals surface area contributed by atoms with Crippen molar-refractivity contribution < 1.29 is 82.1 Å². The zero-order chi connectivity index (χ0) is 22.6. The molecule has 6 nitrogen and oxygen atoms in total. The van der Waals surface area contributed by atoms with E-state index in [0.29, 0.717) is 44.6 Å². The summed E-state index contributed by atoms with van der Waals surface area (Å²) >= 11 is 0. The van der Waals surface area contributed by atoms with Crippen LogP contribution >= 0.6 is 0 Å². The van der Waals surface area contributed by atoms with E-state index in [-0.39, 0.29) is 101 Å². The molecule has 1 aromatic carbocycles. The second-order valence-electron chi connectivity index (χ2n) is 8.73. The summed E-state index contributed by atoms with van der Waals surface area (Å²) < 4.78 is 5.31. The Bertz CT molecular complexity index is 760. The van der Waals surface area contributed by atoms with Crippen LogP contribution in [0.1, 0.15) is 69.9 Å². The monoisotopic (exact) mass is 513 g/mol. The smallest absolute Gasteiger partial charge is 0.648 e. The summed E-state index contributed by atoms with van der Waals surface area (Å²) in [4.78, 5) is 47.8. The van der Waals surface area contributed by atoms with Gasteiger partial charge in [-0.2, -0.15) is 0 Å². The number of amides is 1. The molecular formula is C25H34NO5Rb. The number of benzene rings is 1. The van der Waals surface area contributed by atoms with E-state index >= 15 is 0 Å². The summed E-state index contributed by atoms with van der Waals surface area (Å²) in [6.07, 6.45) is 4.97. The molecule has 0 radical (unpaired) electrons. The third-order valence-corrected chi connectivity index (χ3v) is 5.39. The van der Waals surface area contributed by atoms with Crippen molar-refractivity contribution in [2.75, 3.05) is 13.2 Å². The second kappa shape index (κ2) is 16.2. The third kappa shape index (κ3) is 11.5. The largest absolute Gasteiger partial charge is 1.00 e. The Morgan fingerprint density at radius 3 is 2.44 bits per heavy atom. The van der Waals surface area contributed by atoms with Gasteiger partial charge in [0.1, 0.15) is 17.3 Å². The van der Waals surface area contributed by atoms with E-state index in [9.17, 15) is 19.2 Å². The zero-order valence-electron chi connectivity index (χ0n) is 19.7. The van der Waals surface area contributed by atoms with Gasteiger partial charge in [-0.15, -0.1) is 6.54 Å². The van der Waals surface area contributed by atoms with Gasteiger partial charge in [-0.05, 0) is 30.7 Å². The summed E-state index contributed by atoms with van der Waals surface area (Å²) in [5.74, 6) is -0.0950. The van der Waals surface area contributed by atoms with Crippen LogP contribution in [0, 0.1) is 11.8 Å². The van der Waals surface area contributed by atoms with Crippen LogP contribution < -0.4 is 58.2 Å². The fourth-order valence-corrected chi connectivity index (χ4v) is 3.72. The minimum Gasteiger partial charge on any atom is -0.648 e. The van der Waals surface area contributed by atoms with Crippen LogP contribution in [0.25, 0.3) is 5.32 Å². The van der Waals surface area contributed by atoms with Gasteiger partial charge in [-0.3, -0.25) is 14.4 Å². The number of hydrogen-bond donors (Lipinski definition) is 0. The van der Waals surface area contributed by atoms with Crippen LogP contribution in [-0.2, 0) is 36.9 Å². The molecule has 1 aliphatic carbocycles. The molecule has 0 heterocycles. The van der Waals surface area contributed by atoms with Gasteiger partial charge in [-0.1, -0.05) is 50.1 Å². The Kier molecular flexibility index (Phi) is 14.9. The van der Waals surface area contributed by atoms with E-state index in [1.54, 1.807) is 0 Å². The van der Waals surface area contributed by atoms with Crippen molar-refractivity contribution in [2.45, 2.75) is 71.8 Å². The molecule has 1 saturated carbocycles. The molecule has 0 aliphatic heterocycles. The quantitative estimate of drug-likeness (QED) is 0.293. The Hall–Kier alpha value is -0.535. The van der Waals surface area contributed by atoms with Crippen LogP contribution in [0.4, 0.5) is 0 Å². The minimum atomic E-state index is -0.436. The first-order chi connectivity index (χ1) is 14.8. The standard InChI is InChI=1S/C25H35NO5.Rb/c1-18(2)14-21(27)6-5-13-31-17-25(30)26-16-20-11-9-19(10-12-20)15-24(29)22-7-3-4-8-23(22)28;/h9-12,18,22H,3-8,13-17H2,1-2H3,(H,26,30);/q;+1/p-1. The molecule has 0 saturated heterocycles. The van der Waals surface area contributed by atoms with Gasteiger partial charge >= 0.3 is 58.2 Å². The molecule has 1 fully saturated rings. The molecule has 32 heavy (non-hydrogen) atoms. The van der Waals surface area contributed by atoms with E-state index in [2.05, 4.69) is 5.32 Å². The van der Waals surface area contributed by atoms with Gasteiger partial charge < -0.3 is 14.8 Å². The molecule has 0 N–H and O–H groups in total. The van der Waals surface area contributed by atoms with Crippen molar-refractivity contribution in [1.82, 2.24) is 0 Å². The molecule has 1 amide bonds. The number of Topliss-reactive ketones (excluding diaryl/α,β-unsaturated/α-hetero) is 3. The van der Waals surface area contributed by atoms with Crippen molar-refractivity contribution in [1.29, 1.82) is 0 Å². The van der Waals surface area contributed by atoms with Crippen molar-refractivity contribution >= 4 is 23.3 Å². The summed E-state index contributed by atoms with van der Waals surface area (Å²) in [7, 11) is 0. The molecule has 7 heteroatoms. The molecule has 2 rings (SSSR count). The first-order valence-corrected chi connectivity index (χ1v) is 11.3. The third-order valence-electron chi connectivity index (χ3n) is 5.39.